The molecule has 0 amide bonds. The van der Waals surface area contributed by atoms with Crippen molar-refractivity contribution >= 4 is 71.4 Å². The zero-order chi connectivity index (χ0) is 39.6. The number of hydrogen-bond acceptors (Lipinski definition) is 4. The van der Waals surface area contributed by atoms with Crippen LogP contribution in [-0.2, 0) is 0 Å². The van der Waals surface area contributed by atoms with Gasteiger partial charge in [0, 0.05) is 39.0 Å². The highest BCUT2D eigenvalue weighted by Gasteiger charge is 2.22. The predicted molar refractivity (Wildman–Crippen MR) is 249 cm³/mol. The number of fused-ring (bicyclic) bond motifs is 4. The molecule has 0 saturated carbocycles. The molecule has 0 spiro atoms. The zero-order valence-corrected chi connectivity index (χ0v) is 32.4. The van der Waals surface area contributed by atoms with Gasteiger partial charge in [0.05, 0.1) is 11.0 Å². The Labute approximate surface area is 346 Å². The molecule has 280 valence electrons. The second-order valence-corrected chi connectivity index (χ2v) is 15.2. The van der Waals surface area contributed by atoms with Crippen LogP contribution in [0, 0.1) is 0 Å². The molecule has 0 atom stereocenters. The van der Waals surface area contributed by atoms with Crippen molar-refractivity contribution < 1.29 is 0 Å². The first-order valence-electron chi connectivity index (χ1n) is 20.3. The van der Waals surface area contributed by atoms with Crippen molar-refractivity contribution in [2.75, 3.05) is 4.90 Å². The topological polar surface area (TPSA) is 46.8 Å². The zero-order valence-electron chi connectivity index (χ0n) is 32.4. The lowest BCUT2D eigenvalue weighted by atomic mass is 9.88. The number of anilines is 3. The van der Waals surface area contributed by atoms with Gasteiger partial charge in [-0.3, -0.25) is 4.90 Å². The van der Waals surface area contributed by atoms with Gasteiger partial charge in [0.15, 0.2) is 11.6 Å². The Balaban J connectivity index is 1.02. The molecule has 5 heteroatoms. The van der Waals surface area contributed by atoms with Crippen LogP contribution in [0.5, 0.6) is 0 Å². The Morgan fingerprint density at radius 1 is 0.350 bits per heavy atom. The number of hydrogen-bond donors (Lipinski definition) is 0. The van der Waals surface area contributed by atoms with E-state index in [1.54, 1.807) is 0 Å². The molecular formula is C55H35N5. The second kappa shape index (κ2) is 13.8. The van der Waals surface area contributed by atoms with Gasteiger partial charge in [0.25, 0.3) is 0 Å². The van der Waals surface area contributed by atoms with E-state index >= 15 is 0 Å². The van der Waals surface area contributed by atoms with Crippen LogP contribution in [0.4, 0.5) is 17.3 Å². The third-order valence-corrected chi connectivity index (χ3v) is 11.8. The van der Waals surface area contributed by atoms with E-state index in [4.69, 9.17) is 15.0 Å². The molecule has 2 heterocycles. The van der Waals surface area contributed by atoms with Crippen molar-refractivity contribution in [1.29, 1.82) is 0 Å². The summed E-state index contributed by atoms with van der Waals surface area (Å²) in [6.07, 6.45) is 0. The van der Waals surface area contributed by atoms with E-state index < -0.39 is 0 Å². The van der Waals surface area contributed by atoms with Gasteiger partial charge in [0.2, 0.25) is 5.95 Å². The molecule has 10 aromatic carbocycles. The highest BCUT2D eigenvalue weighted by atomic mass is 15.3. The molecule has 0 radical (unpaired) electrons. The summed E-state index contributed by atoms with van der Waals surface area (Å²) in [5.74, 6) is 1.78. The third kappa shape index (κ3) is 5.44. The highest BCUT2D eigenvalue weighted by Crippen LogP contribution is 2.45. The van der Waals surface area contributed by atoms with Gasteiger partial charge in [-0.2, -0.15) is 9.97 Å². The molecule has 0 N–H and O–H groups in total. The molecule has 0 unspecified atom stereocenters. The summed E-state index contributed by atoms with van der Waals surface area (Å²) < 4.78 is 2.41. The summed E-state index contributed by atoms with van der Waals surface area (Å²) in [6.45, 7) is 0. The minimum absolute atomic E-state index is 0.546. The van der Waals surface area contributed by atoms with Crippen LogP contribution < -0.4 is 4.90 Å². The van der Waals surface area contributed by atoms with Crippen molar-refractivity contribution in [1.82, 2.24) is 19.5 Å². The maximum absolute atomic E-state index is 5.11. The van der Waals surface area contributed by atoms with Crippen LogP contribution in [-0.4, -0.2) is 19.5 Å². The van der Waals surface area contributed by atoms with Crippen LogP contribution in [0.15, 0.2) is 212 Å². The first-order valence-corrected chi connectivity index (χ1v) is 20.3. The average molecular weight is 766 g/mol. The Bertz CT molecular complexity index is 3450. The van der Waals surface area contributed by atoms with E-state index in [0.29, 0.717) is 17.6 Å². The van der Waals surface area contributed by atoms with Crippen molar-refractivity contribution in [3.63, 3.8) is 0 Å². The third-order valence-electron chi connectivity index (χ3n) is 11.8. The fraction of sp³-hybridized carbons (Fsp3) is 0. The van der Waals surface area contributed by atoms with E-state index in [2.05, 4.69) is 143 Å². The van der Waals surface area contributed by atoms with Gasteiger partial charge in [-0.15, -0.1) is 0 Å². The summed E-state index contributed by atoms with van der Waals surface area (Å²) in [4.78, 5) is 17.3. The molecule has 0 aliphatic carbocycles. The summed E-state index contributed by atoms with van der Waals surface area (Å²) in [7, 11) is 0. The number of para-hydroxylation sites is 3. The van der Waals surface area contributed by atoms with Gasteiger partial charge >= 0.3 is 0 Å². The minimum atomic E-state index is 0.546. The molecule has 12 aromatic rings. The lowest BCUT2D eigenvalue weighted by Gasteiger charge is -2.24. The second-order valence-electron chi connectivity index (χ2n) is 15.2. The summed E-state index contributed by atoms with van der Waals surface area (Å²) >= 11 is 0. The fourth-order valence-corrected chi connectivity index (χ4v) is 9.08. The van der Waals surface area contributed by atoms with Crippen LogP contribution in [0.25, 0.3) is 93.7 Å². The summed E-state index contributed by atoms with van der Waals surface area (Å²) in [5, 5.41) is 10.1. The van der Waals surface area contributed by atoms with Gasteiger partial charge in [-0.05, 0) is 92.0 Å². The molecule has 0 fully saturated rings. The molecular weight excluding hydrogens is 731 g/mol. The van der Waals surface area contributed by atoms with E-state index in [0.717, 1.165) is 33.8 Å². The molecule has 2 aromatic heterocycles. The maximum atomic E-state index is 5.11. The van der Waals surface area contributed by atoms with E-state index in [9.17, 15) is 0 Å². The summed E-state index contributed by atoms with van der Waals surface area (Å²) in [5.41, 5.74) is 9.69. The summed E-state index contributed by atoms with van der Waals surface area (Å²) in [6, 6.07) is 75.0. The number of benzene rings is 10. The highest BCUT2D eigenvalue weighted by molar-refractivity contribution is 6.34. The van der Waals surface area contributed by atoms with Crippen molar-refractivity contribution in [2.24, 2.45) is 0 Å². The van der Waals surface area contributed by atoms with Crippen LogP contribution in [0.1, 0.15) is 0 Å². The predicted octanol–water partition coefficient (Wildman–Crippen LogP) is 14.3. The van der Waals surface area contributed by atoms with E-state index in [1.165, 1.54) is 59.7 Å². The van der Waals surface area contributed by atoms with E-state index in [1.807, 2.05) is 78.9 Å². The molecule has 12 rings (SSSR count). The fourth-order valence-electron chi connectivity index (χ4n) is 9.08. The SMILES string of the molecule is c1ccc(-c2nc(-c3ccccc3)nc(N(c3ccccc3)c3ccc(-c4ccc5ccc6c7c(ccc4c57)cc4c6c5ccccc5n4-c4ccccc4)cc3)n2)cc1. The quantitative estimate of drug-likeness (QED) is 0.152. The van der Waals surface area contributed by atoms with Crippen molar-refractivity contribution in [2.45, 2.75) is 0 Å². The number of aromatic nitrogens is 4. The first-order chi connectivity index (χ1) is 29.8. The van der Waals surface area contributed by atoms with Gasteiger partial charge in [0.1, 0.15) is 0 Å². The Kier molecular flexibility index (Phi) is 7.78. The molecule has 60 heavy (non-hydrogen) atoms. The number of nitrogens with zero attached hydrogens (tertiary/aromatic N) is 5. The molecule has 0 bridgehead atoms. The number of rotatable bonds is 7. The molecule has 0 aliphatic rings. The van der Waals surface area contributed by atoms with Crippen LogP contribution >= 0.6 is 0 Å². The smallest absolute Gasteiger partial charge is 0.238 e. The average Bonchev–Trinajstić information content (AvgIpc) is 3.66. The van der Waals surface area contributed by atoms with Crippen LogP contribution in [0.3, 0.4) is 0 Å². The normalized spacial score (nSPS) is 11.7. The molecule has 0 aliphatic heterocycles. The van der Waals surface area contributed by atoms with Crippen molar-refractivity contribution in [3.05, 3.63) is 212 Å². The maximum Gasteiger partial charge on any atom is 0.238 e. The monoisotopic (exact) mass is 765 g/mol. The Hall–Kier alpha value is -8.15. The standard InChI is InChI=1S/C55H35N5/c1-5-15-38(16-6-1)53-56-54(39-17-7-2-8-18-39)58-55(57-53)59(41-19-9-3-10-20-41)43-30-25-36(26-31-43)44-32-27-37-28-34-47-51-40(29-33-45(44)50(37)51)35-49-52(47)46-23-13-14-24-48(46)60(49)42-21-11-4-12-22-42/h1-35H. The molecule has 0 saturated heterocycles. The van der Waals surface area contributed by atoms with Crippen molar-refractivity contribution in [3.8, 4) is 39.6 Å². The lowest BCUT2D eigenvalue weighted by molar-refractivity contribution is 1.02. The Morgan fingerprint density at radius 3 is 1.60 bits per heavy atom. The van der Waals surface area contributed by atoms with Crippen LogP contribution in [0.2, 0.25) is 0 Å². The van der Waals surface area contributed by atoms with Gasteiger partial charge in [-0.25, -0.2) is 4.98 Å². The largest absolute Gasteiger partial charge is 0.309 e. The first kappa shape index (κ1) is 33.9. The van der Waals surface area contributed by atoms with Gasteiger partial charge < -0.3 is 4.57 Å². The minimum Gasteiger partial charge on any atom is -0.309 e. The lowest BCUT2D eigenvalue weighted by Crippen LogP contribution is -2.15. The van der Waals surface area contributed by atoms with E-state index in [-0.39, 0.29) is 0 Å². The Morgan fingerprint density at radius 2 is 0.900 bits per heavy atom. The molecule has 5 nitrogen and oxygen atoms in total. The van der Waals surface area contributed by atoms with Gasteiger partial charge in [-0.1, -0.05) is 164 Å².